The lowest BCUT2D eigenvalue weighted by Crippen LogP contribution is -2.51. The Hall–Kier alpha value is -2.15. The smallest absolute Gasteiger partial charge is 0.266 e. The van der Waals surface area contributed by atoms with Gasteiger partial charge in [0.25, 0.3) is 5.91 Å². The van der Waals surface area contributed by atoms with E-state index >= 15 is 0 Å². The van der Waals surface area contributed by atoms with Gasteiger partial charge in [-0.05, 0) is 45.2 Å². The molecule has 1 saturated heterocycles. The average molecular weight is 347 g/mol. The van der Waals surface area contributed by atoms with Crippen LogP contribution in [0.5, 0.6) is 0 Å². The van der Waals surface area contributed by atoms with Gasteiger partial charge in [0.15, 0.2) is 10.8 Å². The average Bonchev–Trinajstić information content (AvgIpc) is 3.19. The predicted molar refractivity (Wildman–Crippen MR) is 92.0 cm³/mol. The molecule has 24 heavy (non-hydrogen) atoms. The van der Waals surface area contributed by atoms with Gasteiger partial charge in [0.1, 0.15) is 16.7 Å². The molecule has 7 heteroatoms. The van der Waals surface area contributed by atoms with Gasteiger partial charge < -0.3 is 14.6 Å². The summed E-state index contributed by atoms with van der Waals surface area (Å²) in [7, 11) is 1.61. The molecule has 3 heterocycles. The number of hydrogen-bond acceptors (Lipinski definition) is 5. The SMILES string of the molecule is CNC(=O)[C@H]1CCCCN1C(=O)c1sc(-c2ccc(C)o2)nc1C. The van der Waals surface area contributed by atoms with Gasteiger partial charge in [-0.15, -0.1) is 11.3 Å². The molecule has 6 nitrogen and oxygen atoms in total. The zero-order valence-corrected chi connectivity index (χ0v) is 14.9. The highest BCUT2D eigenvalue weighted by atomic mass is 32.1. The number of nitrogens with one attached hydrogen (secondary N) is 1. The first kappa shape index (κ1) is 16.7. The number of aromatic nitrogens is 1. The van der Waals surface area contributed by atoms with E-state index in [1.54, 1.807) is 11.9 Å². The van der Waals surface area contributed by atoms with E-state index in [9.17, 15) is 9.59 Å². The van der Waals surface area contributed by atoms with Gasteiger partial charge in [-0.25, -0.2) is 4.98 Å². The molecule has 1 atom stereocenters. The van der Waals surface area contributed by atoms with E-state index in [4.69, 9.17) is 4.42 Å². The second kappa shape index (κ2) is 6.76. The Morgan fingerprint density at radius 1 is 1.33 bits per heavy atom. The van der Waals surface area contributed by atoms with Crippen LogP contribution < -0.4 is 5.32 Å². The van der Waals surface area contributed by atoms with Crippen molar-refractivity contribution in [3.8, 4) is 10.8 Å². The first-order valence-corrected chi connectivity index (χ1v) is 8.89. The highest BCUT2D eigenvalue weighted by Gasteiger charge is 2.33. The van der Waals surface area contributed by atoms with Crippen molar-refractivity contribution < 1.29 is 14.0 Å². The first-order chi connectivity index (χ1) is 11.5. The van der Waals surface area contributed by atoms with Crippen LogP contribution in [0.15, 0.2) is 16.5 Å². The lowest BCUT2D eigenvalue weighted by molar-refractivity contribution is -0.126. The molecule has 128 valence electrons. The van der Waals surface area contributed by atoms with E-state index in [1.807, 2.05) is 26.0 Å². The molecule has 2 amide bonds. The summed E-state index contributed by atoms with van der Waals surface area (Å²) in [4.78, 5) is 31.8. The minimum atomic E-state index is -0.396. The molecule has 1 aliphatic rings. The molecule has 1 aliphatic heterocycles. The number of likely N-dealkylation sites (N-methyl/N-ethyl adjacent to an activating group) is 1. The van der Waals surface area contributed by atoms with Crippen LogP contribution in [0, 0.1) is 13.8 Å². The topological polar surface area (TPSA) is 75.4 Å². The van der Waals surface area contributed by atoms with Crippen LogP contribution in [0.3, 0.4) is 0 Å². The Morgan fingerprint density at radius 3 is 2.79 bits per heavy atom. The lowest BCUT2D eigenvalue weighted by Gasteiger charge is -2.34. The molecule has 3 rings (SSSR count). The van der Waals surface area contributed by atoms with Crippen molar-refractivity contribution in [2.24, 2.45) is 0 Å². The number of rotatable bonds is 3. The summed E-state index contributed by atoms with van der Waals surface area (Å²) < 4.78 is 5.60. The first-order valence-electron chi connectivity index (χ1n) is 8.08. The normalized spacial score (nSPS) is 17.8. The fourth-order valence-corrected chi connectivity index (χ4v) is 3.98. The largest absolute Gasteiger partial charge is 0.459 e. The van der Waals surface area contributed by atoms with Crippen LogP contribution in [-0.4, -0.2) is 41.3 Å². The maximum atomic E-state index is 13.0. The van der Waals surface area contributed by atoms with Gasteiger partial charge in [-0.2, -0.15) is 0 Å². The summed E-state index contributed by atoms with van der Waals surface area (Å²) in [5.74, 6) is 1.25. The fraction of sp³-hybridized carbons (Fsp3) is 0.471. The molecular weight excluding hydrogens is 326 g/mol. The molecule has 1 fully saturated rings. The Bertz CT molecular complexity index is 765. The van der Waals surface area contributed by atoms with Gasteiger partial charge >= 0.3 is 0 Å². The van der Waals surface area contributed by atoms with Crippen LogP contribution in [0.25, 0.3) is 10.8 Å². The van der Waals surface area contributed by atoms with Gasteiger partial charge in [0, 0.05) is 13.6 Å². The summed E-state index contributed by atoms with van der Waals surface area (Å²) in [6.07, 6.45) is 2.58. The molecule has 2 aromatic rings. The number of carbonyl (C=O) groups is 2. The molecule has 0 saturated carbocycles. The minimum absolute atomic E-state index is 0.105. The van der Waals surface area contributed by atoms with Crippen LogP contribution >= 0.6 is 11.3 Å². The van der Waals surface area contributed by atoms with Crippen molar-refractivity contribution >= 4 is 23.2 Å². The third-order valence-electron chi connectivity index (χ3n) is 4.25. The van der Waals surface area contributed by atoms with Gasteiger partial charge in [-0.1, -0.05) is 0 Å². The molecular formula is C17H21N3O3S. The highest BCUT2D eigenvalue weighted by molar-refractivity contribution is 7.17. The maximum Gasteiger partial charge on any atom is 0.266 e. The Morgan fingerprint density at radius 2 is 2.12 bits per heavy atom. The van der Waals surface area contributed by atoms with E-state index < -0.39 is 6.04 Å². The summed E-state index contributed by atoms with van der Waals surface area (Å²) in [6.45, 7) is 4.29. The zero-order valence-electron chi connectivity index (χ0n) is 14.1. The van der Waals surface area contributed by atoms with Crippen molar-refractivity contribution in [2.75, 3.05) is 13.6 Å². The summed E-state index contributed by atoms with van der Waals surface area (Å²) in [5, 5.41) is 3.35. The minimum Gasteiger partial charge on any atom is -0.459 e. The Kier molecular flexibility index (Phi) is 4.71. The van der Waals surface area contributed by atoms with Crippen molar-refractivity contribution in [1.82, 2.24) is 15.2 Å². The fourth-order valence-electron chi connectivity index (χ4n) is 2.99. The third-order valence-corrected chi connectivity index (χ3v) is 5.41. The van der Waals surface area contributed by atoms with Crippen molar-refractivity contribution in [3.63, 3.8) is 0 Å². The number of thiazole rings is 1. The van der Waals surface area contributed by atoms with E-state index in [-0.39, 0.29) is 11.8 Å². The van der Waals surface area contributed by atoms with Crippen molar-refractivity contribution in [3.05, 3.63) is 28.5 Å². The summed E-state index contributed by atoms with van der Waals surface area (Å²) in [6, 6.07) is 3.34. The maximum absolute atomic E-state index is 13.0. The number of likely N-dealkylation sites (tertiary alicyclic amines) is 1. The van der Waals surface area contributed by atoms with E-state index in [0.29, 0.717) is 34.3 Å². The number of piperidine rings is 1. The van der Waals surface area contributed by atoms with Crippen LogP contribution in [0.4, 0.5) is 0 Å². The molecule has 0 spiro atoms. The Balaban J connectivity index is 1.89. The van der Waals surface area contributed by atoms with Gasteiger partial charge in [0.05, 0.1) is 5.69 Å². The number of nitrogens with zero attached hydrogens (tertiary/aromatic N) is 2. The van der Waals surface area contributed by atoms with E-state index in [1.165, 1.54) is 11.3 Å². The van der Waals surface area contributed by atoms with Crippen LogP contribution in [0.1, 0.15) is 40.4 Å². The molecule has 0 radical (unpaired) electrons. The second-order valence-electron chi connectivity index (χ2n) is 5.97. The van der Waals surface area contributed by atoms with Gasteiger partial charge in [-0.3, -0.25) is 9.59 Å². The molecule has 0 bridgehead atoms. The molecule has 1 N–H and O–H groups in total. The monoisotopic (exact) mass is 347 g/mol. The number of hydrogen-bond donors (Lipinski definition) is 1. The van der Waals surface area contributed by atoms with Crippen molar-refractivity contribution in [1.29, 1.82) is 0 Å². The third kappa shape index (κ3) is 3.08. The van der Waals surface area contributed by atoms with Crippen molar-refractivity contribution in [2.45, 2.75) is 39.2 Å². The number of aryl methyl sites for hydroxylation is 2. The quantitative estimate of drug-likeness (QED) is 0.926. The molecule has 0 unspecified atom stereocenters. The number of furan rings is 1. The van der Waals surface area contributed by atoms with E-state index in [0.717, 1.165) is 18.6 Å². The molecule has 0 aliphatic carbocycles. The zero-order chi connectivity index (χ0) is 17.3. The summed E-state index contributed by atoms with van der Waals surface area (Å²) >= 11 is 1.32. The van der Waals surface area contributed by atoms with Crippen LogP contribution in [0.2, 0.25) is 0 Å². The Labute approximate surface area is 144 Å². The number of carbonyl (C=O) groups excluding carboxylic acids is 2. The van der Waals surface area contributed by atoms with Gasteiger partial charge in [0.2, 0.25) is 5.91 Å². The number of amides is 2. The highest BCUT2D eigenvalue weighted by Crippen LogP contribution is 2.31. The lowest BCUT2D eigenvalue weighted by atomic mass is 10.0. The second-order valence-corrected chi connectivity index (χ2v) is 6.97. The molecule has 0 aromatic carbocycles. The van der Waals surface area contributed by atoms with E-state index in [2.05, 4.69) is 10.3 Å². The molecule has 2 aromatic heterocycles. The van der Waals surface area contributed by atoms with Crippen LogP contribution in [-0.2, 0) is 4.79 Å². The predicted octanol–water partition coefficient (Wildman–Crippen LogP) is 2.76. The summed E-state index contributed by atoms with van der Waals surface area (Å²) in [5.41, 5.74) is 0.676. The standard InChI is InChI=1S/C17H21N3O3S/c1-10-7-8-13(23-10)16-19-11(2)14(24-16)17(22)20-9-5-4-6-12(20)15(21)18-3/h7-8,12H,4-6,9H2,1-3H3,(H,18,21)/t12-/m1/s1.